The molecule has 0 saturated carbocycles. The third-order valence-electron chi connectivity index (χ3n) is 1.60. The summed E-state index contributed by atoms with van der Waals surface area (Å²) >= 11 is 1.98. The van der Waals surface area contributed by atoms with Crippen molar-refractivity contribution in [2.75, 3.05) is 0 Å². The summed E-state index contributed by atoms with van der Waals surface area (Å²) < 4.78 is 2.98. The minimum atomic E-state index is 0. The van der Waals surface area contributed by atoms with Crippen molar-refractivity contribution in [3.63, 3.8) is 0 Å². The summed E-state index contributed by atoms with van der Waals surface area (Å²) in [6.07, 6.45) is 0. The Morgan fingerprint density at radius 2 is 0.750 bits per heavy atom. The van der Waals surface area contributed by atoms with Gasteiger partial charge in [0.2, 0.25) is 0 Å². The SMILES string of the molecule is Cl.Cl.[Tl][c]1ccccc1.[Tl][c]1ccccc1. The van der Waals surface area contributed by atoms with Crippen LogP contribution in [0.1, 0.15) is 0 Å². The van der Waals surface area contributed by atoms with Crippen molar-refractivity contribution in [3.8, 4) is 0 Å². The number of hydrogen-bond acceptors (Lipinski definition) is 0. The summed E-state index contributed by atoms with van der Waals surface area (Å²) in [6.45, 7) is 0. The third-order valence-corrected chi connectivity index (χ3v) is 4.59. The molecule has 0 radical (unpaired) electrons. The first-order chi connectivity index (χ1) is 6.79. The quantitative estimate of drug-likeness (QED) is 0.388. The average Bonchev–Trinajstić information content (AvgIpc) is 2.21. The van der Waals surface area contributed by atoms with E-state index >= 15 is 0 Å². The molecule has 0 aliphatic rings. The zero-order chi connectivity index (χ0) is 10.2. The molecule has 0 aromatic heterocycles. The minimum absolute atomic E-state index is 0. The monoisotopic (exact) mass is 636 g/mol. The molecule has 0 nitrogen and oxygen atoms in total. The molecule has 0 unspecified atom stereocenters. The molecule has 16 heavy (non-hydrogen) atoms. The predicted molar refractivity (Wildman–Crippen MR) is 78.2 cm³/mol. The Morgan fingerprint density at radius 1 is 0.500 bits per heavy atom. The third kappa shape index (κ3) is 10.0. The topological polar surface area (TPSA) is 0 Å². The predicted octanol–water partition coefficient (Wildman–Crippen LogP) is 1.80. The molecular weight excluding hydrogens is 624 g/mol. The van der Waals surface area contributed by atoms with E-state index in [1.165, 1.54) is 6.25 Å². The van der Waals surface area contributed by atoms with E-state index in [4.69, 9.17) is 0 Å². The van der Waals surface area contributed by atoms with Crippen molar-refractivity contribution in [1.29, 1.82) is 0 Å². The van der Waals surface area contributed by atoms with Gasteiger partial charge in [-0.3, -0.25) is 0 Å². The summed E-state index contributed by atoms with van der Waals surface area (Å²) in [6, 6.07) is 21.0. The maximum atomic E-state index is 2.16. The molecule has 0 spiro atoms. The zero-order valence-electron chi connectivity index (χ0n) is 8.74. The first-order valence-corrected chi connectivity index (χ1v) is 8.89. The van der Waals surface area contributed by atoms with Crippen LogP contribution in [0.25, 0.3) is 0 Å². The molecule has 0 aliphatic heterocycles. The van der Waals surface area contributed by atoms with Gasteiger partial charge in [-0.05, 0) is 0 Å². The summed E-state index contributed by atoms with van der Waals surface area (Å²) in [5.41, 5.74) is 0. The molecule has 0 aliphatic carbocycles. The molecule has 0 atom stereocenters. The second-order valence-electron chi connectivity index (χ2n) is 2.82. The molecule has 0 N–H and O–H groups in total. The summed E-state index contributed by atoms with van der Waals surface area (Å²) in [5, 5.41) is 0. The molecule has 0 amide bonds. The van der Waals surface area contributed by atoms with Gasteiger partial charge in [0.1, 0.15) is 0 Å². The van der Waals surface area contributed by atoms with Crippen molar-refractivity contribution in [2.45, 2.75) is 0 Å². The van der Waals surface area contributed by atoms with Crippen LogP contribution >= 0.6 is 24.8 Å². The first kappa shape index (κ1) is 19.2. The van der Waals surface area contributed by atoms with Gasteiger partial charge in [-0.25, -0.2) is 0 Å². The van der Waals surface area contributed by atoms with Crippen molar-refractivity contribution in [2.24, 2.45) is 0 Å². The Labute approximate surface area is 141 Å². The molecule has 80 valence electrons. The van der Waals surface area contributed by atoms with E-state index in [1.807, 2.05) is 12.1 Å². The Balaban J connectivity index is 0. The van der Waals surface area contributed by atoms with Gasteiger partial charge in [-0.2, -0.15) is 0 Å². The van der Waals surface area contributed by atoms with Gasteiger partial charge in [0.25, 0.3) is 0 Å². The fourth-order valence-corrected chi connectivity index (χ4v) is 2.63. The van der Waals surface area contributed by atoms with E-state index in [9.17, 15) is 0 Å². The van der Waals surface area contributed by atoms with E-state index in [2.05, 4.69) is 48.5 Å². The van der Waals surface area contributed by atoms with Crippen LogP contribution in [-0.2, 0) is 0 Å². The Morgan fingerprint density at radius 3 is 0.875 bits per heavy atom. The number of rotatable bonds is 0. The van der Waals surface area contributed by atoms with Crippen LogP contribution < -0.4 is 6.25 Å². The van der Waals surface area contributed by atoms with Gasteiger partial charge in [-0.1, -0.05) is 0 Å². The summed E-state index contributed by atoms with van der Waals surface area (Å²) in [7, 11) is 0. The molecule has 2 rings (SSSR count). The summed E-state index contributed by atoms with van der Waals surface area (Å²) in [4.78, 5) is 0. The van der Waals surface area contributed by atoms with Crippen molar-refractivity contribution < 1.29 is 0 Å². The Hall–Kier alpha value is 0.864. The number of benzene rings is 2. The number of halogens is 2. The van der Waals surface area contributed by atoms with E-state index in [1.54, 1.807) is 0 Å². The van der Waals surface area contributed by atoms with Gasteiger partial charge < -0.3 is 0 Å². The fourth-order valence-electron chi connectivity index (χ4n) is 0.906. The van der Waals surface area contributed by atoms with E-state index in [0.29, 0.717) is 0 Å². The Bertz CT molecular complexity index is 314. The van der Waals surface area contributed by atoms with Gasteiger partial charge in [0.15, 0.2) is 0 Å². The molecule has 2 aromatic carbocycles. The van der Waals surface area contributed by atoms with E-state index in [-0.39, 0.29) is 24.8 Å². The van der Waals surface area contributed by atoms with Crippen LogP contribution in [0.4, 0.5) is 0 Å². The van der Waals surface area contributed by atoms with Crippen LogP contribution in [0, 0.1) is 0 Å². The van der Waals surface area contributed by atoms with Gasteiger partial charge in [-0.15, -0.1) is 24.8 Å². The molecular formula is C12H12Cl2Tl2. The standard InChI is InChI=1S/2C6H5.2ClH.2Tl/c2*1-2-4-6-5-3-1;;;;/h2*1-5H;2*1H;;. The van der Waals surface area contributed by atoms with Crippen LogP contribution in [0.5, 0.6) is 0 Å². The second-order valence-corrected chi connectivity index (χ2v) is 8.00. The first-order valence-electron chi connectivity index (χ1n) is 4.40. The maximum absolute atomic E-state index is 2.16. The van der Waals surface area contributed by atoms with Crippen LogP contribution in [0.3, 0.4) is 0 Å². The van der Waals surface area contributed by atoms with Crippen molar-refractivity contribution >= 4 is 82.6 Å². The molecule has 0 bridgehead atoms. The molecule has 4 heteroatoms. The molecule has 0 saturated heterocycles. The normalized spacial score (nSPS) is 7.38. The zero-order valence-corrected chi connectivity index (χ0v) is 19.4. The van der Waals surface area contributed by atoms with Crippen molar-refractivity contribution in [1.82, 2.24) is 0 Å². The van der Waals surface area contributed by atoms with Crippen molar-refractivity contribution in [3.05, 3.63) is 60.7 Å². The van der Waals surface area contributed by atoms with Gasteiger partial charge in [0, 0.05) is 0 Å². The molecule has 2 aromatic rings. The number of hydrogen-bond donors (Lipinski definition) is 0. The van der Waals surface area contributed by atoms with E-state index < -0.39 is 0 Å². The molecule has 0 fully saturated rings. The van der Waals surface area contributed by atoms with Crippen LogP contribution in [0.2, 0.25) is 0 Å². The molecule has 0 heterocycles. The summed E-state index contributed by atoms with van der Waals surface area (Å²) in [5.74, 6) is 0. The van der Waals surface area contributed by atoms with Crippen LogP contribution in [-0.4, -0.2) is 51.5 Å². The van der Waals surface area contributed by atoms with Crippen LogP contribution in [0.15, 0.2) is 60.7 Å². The Kier molecular flexibility index (Phi) is 14.8. The van der Waals surface area contributed by atoms with Gasteiger partial charge in [0.05, 0.1) is 0 Å². The second kappa shape index (κ2) is 12.3. The van der Waals surface area contributed by atoms with E-state index in [0.717, 1.165) is 51.5 Å². The van der Waals surface area contributed by atoms with Gasteiger partial charge >= 0.3 is 118 Å². The fraction of sp³-hybridized carbons (Fsp3) is 0. The average molecular weight is 636 g/mol.